The lowest BCUT2D eigenvalue weighted by Crippen LogP contribution is -2.39. The molecule has 1 aliphatic rings. The highest BCUT2D eigenvalue weighted by Crippen LogP contribution is 2.29. The fourth-order valence-corrected chi connectivity index (χ4v) is 4.47. The number of hydrogen-bond acceptors (Lipinski definition) is 7. The zero-order valence-electron chi connectivity index (χ0n) is 18.7. The third-order valence-corrected chi connectivity index (χ3v) is 5.96. The maximum Gasteiger partial charge on any atom is 0.341 e. The zero-order valence-corrected chi connectivity index (χ0v) is 19.5. The minimum Gasteiger partial charge on any atom is -0.479 e. The molecule has 0 saturated carbocycles. The summed E-state index contributed by atoms with van der Waals surface area (Å²) in [6, 6.07) is 6.98. The van der Waals surface area contributed by atoms with Crippen molar-refractivity contribution in [2.45, 2.75) is 20.3 Å². The normalized spacial score (nSPS) is 18.4. The lowest BCUT2D eigenvalue weighted by molar-refractivity contribution is -0.139. The number of fused-ring (bicyclic) bond motifs is 1. The molecule has 2 atom stereocenters. The van der Waals surface area contributed by atoms with E-state index < -0.39 is 18.1 Å². The van der Waals surface area contributed by atoms with Crippen LogP contribution in [0.3, 0.4) is 0 Å². The highest BCUT2D eigenvalue weighted by Gasteiger charge is 2.24. The van der Waals surface area contributed by atoms with E-state index in [1.807, 2.05) is 12.1 Å². The number of ether oxygens (including phenoxy) is 1. The molecule has 0 aliphatic carbocycles. The maximum atomic E-state index is 12.4. The second-order valence-corrected chi connectivity index (χ2v) is 9.08. The fraction of sp³-hybridized carbons (Fsp3) is 0.391. The largest absolute Gasteiger partial charge is 0.479 e. The Morgan fingerprint density at radius 1 is 1.27 bits per heavy atom. The Morgan fingerprint density at radius 2 is 2.00 bits per heavy atom. The van der Waals surface area contributed by atoms with E-state index in [1.54, 1.807) is 19.3 Å². The van der Waals surface area contributed by atoms with Crippen molar-refractivity contribution in [1.29, 1.82) is 0 Å². The molecule has 9 nitrogen and oxygen atoms in total. The van der Waals surface area contributed by atoms with E-state index in [0.717, 1.165) is 13.1 Å². The maximum absolute atomic E-state index is 12.4. The summed E-state index contributed by atoms with van der Waals surface area (Å²) < 4.78 is 6.59. The number of rotatable bonds is 6. The van der Waals surface area contributed by atoms with Gasteiger partial charge in [-0.1, -0.05) is 25.4 Å². The van der Waals surface area contributed by atoms with Crippen LogP contribution in [0.25, 0.3) is 10.9 Å². The van der Waals surface area contributed by atoms with Crippen LogP contribution in [0, 0.1) is 11.8 Å². The summed E-state index contributed by atoms with van der Waals surface area (Å²) in [6.07, 6.45) is 2.78. The van der Waals surface area contributed by atoms with Crippen LogP contribution in [0.1, 0.15) is 20.3 Å². The minimum absolute atomic E-state index is 0.0276. The first-order valence-corrected chi connectivity index (χ1v) is 11.1. The van der Waals surface area contributed by atoms with Gasteiger partial charge in [-0.05, 0) is 42.5 Å². The number of nitrogens with zero attached hydrogens (tertiary/aromatic N) is 4. The highest BCUT2D eigenvalue weighted by atomic mass is 35.5. The van der Waals surface area contributed by atoms with E-state index in [0.29, 0.717) is 45.2 Å². The molecule has 0 unspecified atom stereocenters. The molecule has 1 aliphatic heterocycles. The lowest BCUT2D eigenvalue weighted by Gasteiger charge is -2.35. The van der Waals surface area contributed by atoms with Gasteiger partial charge in [0.1, 0.15) is 5.02 Å². The summed E-state index contributed by atoms with van der Waals surface area (Å²) in [7, 11) is 1.61. The van der Waals surface area contributed by atoms with E-state index in [1.165, 1.54) is 17.1 Å². The Hall–Kier alpha value is -3.33. The van der Waals surface area contributed by atoms with Gasteiger partial charge < -0.3 is 24.6 Å². The number of benzene rings is 1. The van der Waals surface area contributed by atoms with Crippen LogP contribution >= 0.6 is 11.6 Å². The molecule has 3 aromatic rings. The molecule has 1 aromatic carbocycles. The molecule has 0 amide bonds. The predicted molar refractivity (Wildman–Crippen MR) is 128 cm³/mol. The molecule has 0 spiro atoms. The molecular formula is C23H26ClN5O4. The van der Waals surface area contributed by atoms with Crippen molar-refractivity contribution < 1.29 is 14.6 Å². The van der Waals surface area contributed by atoms with Crippen molar-refractivity contribution in [2.75, 3.05) is 29.9 Å². The summed E-state index contributed by atoms with van der Waals surface area (Å²) in [5, 5.41) is 13.2. The Labute approximate surface area is 196 Å². The fourth-order valence-electron chi connectivity index (χ4n) is 4.33. The number of aryl methyl sites for hydroxylation is 1. The first-order chi connectivity index (χ1) is 15.7. The Kier molecular flexibility index (Phi) is 6.42. The summed E-state index contributed by atoms with van der Waals surface area (Å²) in [5.41, 5.74) is 0.981. The number of hydrogen-bond donors (Lipinski definition) is 2. The van der Waals surface area contributed by atoms with E-state index in [-0.39, 0.29) is 5.75 Å². The summed E-state index contributed by atoms with van der Waals surface area (Å²) >= 11 is 6.38. The van der Waals surface area contributed by atoms with Crippen LogP contribution in [0.5, 0.6) is 5.75 Å². The topological polar surface area (TPSA) is 110 Å². The van der Waals surface area contributed by atoms with E-state index in [9.17, 15) is 9.59 Å². The second kappa shape index (κ2) is 9.27. The molecule has 174 valence electrons. The number of carboxylic acid groups (broad SMARTS) is 1. The number of nitrogens with one attached hydrogen (secondary N) is 1. The standard InChI is InChI=1S/C23H26ClN5O4/c1-13-6-14(2)11-29(10-13)23-25-9-17(24)21(27-23)26-16-4-5-18-15(7-16)8-19(22(32)28(18)3)33-12-20(30)31/h4-5,7-9,13-14H,6,10-12H2,1-3H3,(H,30,31)(H,25,26,27)/t13-,14+. The lowest BCUT2D eigenvalue weighted by atomic mass is 9.92. The summed E-state index contributed by atoms with van der Waals surface area (Å²) in [6.45, 7) is 5.66. The molecule has 10 heteroatoms. The molecule has 2 aromatic heterocycles. The first-order valence-electron chi connectivity index (χ1n) is 10.7. The minimum atomic E-state index is -1.15. The van der Waals surface area contributed by atoms with Gasteiger partial charge in [-0.25, -0.2) is 9.78 Å². The molecule has 0 radical (unpaired) electrons. The molecular weight excluding hydrogens is 446 g/mol. The molecule has 1 saturated heterocycles. The first kappa shape index (κ1) is 22.8. The Bertz CT molecular complexity index is 1250. The molecule has 0 bridgehead atoms. The van der Waals surface area contributed by atoms with Gasteiger partial charge in [-0.15, -0.1) is 0 Å². The van der Waals surface area contributed by atoms with E-state index >= 15 is 0 Å². The van der Waals surface area contributed by atoms with Crippen LogP contribution in [0.4, 0.5) is 17.5 Å². The van der Waals surface area contributed by atoms with Gasteiger partial charge in [0.25, 0.3) is 5.56 Å². The SMILES string of the molecule is C[C@@H]1C[C@H](C)CN(c2ncc(Cl)c(Nc3ccc4c(c3)cc(OCC(=O)O)c(=O)n4C)n2)C1. The molecule has 4 rings (SSSR count). The number of carboxylic acids is 1. The molecule has 33 heavy (non-hydrogen) atoms. The van der Waals surface area contributed by atoms with Crippen molar-refractivity contribution in [3.05, 3.63) is 45.8 Å². The van der Waals surface area contributed by atoms with Gasteiger partial charge in [0.2, 0.25) is 5.95 Å². The van der Waals surface area contributed by atoms with Crippen molar-refractivity contribution in [3.63, 3.8) is 0 Å². The van der Waals surface area contributed by atoms with Crippen molar-refractivity contribution in [2.24, 2.45) is 18.9 Å². The highest BCUT2D eigenvalue weighted by molar-refractivity contribution is 6.32. The van der Waals surface area contributed by atoms with Gasteiger partial charge >= 0.3 is 5.97 Å². The zero-order chi connectivity index (χ0) is 23.7. The van der Waals surface area contributed by atoms with Crippen LogP contribution in [0.15, 0.2) is 35.3 Å². The molecule has 2 N–H and O–H groups in total. The summed E-state index contributed by atoms with van der Waals surface area (Å²) in [5.74, 6) is 1.06. The van der Waals surface area contributed by atoms with Crippen LogP contribution < -0.4 is 20.5 Å². The number of carbonyl (C=O) groups is 1. The number of anilines is 3. The molecule has 3 heterocycles. The average molecular weight is 472 g/mol. The number of aliphatic carboxylic acids is 1. The second-order valence-electron chi connectivity index (χ2n) is 8.67. The average Bonchev–Trinajstić information content (AvgIpc) is 2.76. The van der Waals surface area contributed by atoms with Gasteiger partial charge in [-0.2, -0.15) is 4.98 Å². The van der Waals surface area contributed by atoms with Crippen LogP contribution in [0.2, 0.25) is 5.02 Å². The number of piperidine rings is 1. The van der Waals surface area contributed by atoms with E-state index in [4.69, 9.17) is 21.4 Å². The van der Waals surface area contributed by atoms with Crippen LogP contribution in [-0.2, 0) is 11.8 Å². The van der Waals surface area contributed by atoms with Crippen LogP contribution in [-0.4, -0.2) is 45.3 Å². The van der Waals surface area contributed by atoms with Crippen molar-refractivity contribution in [3.8, 4) is 5.75 Å². The molecule has 1 fully saturated rings. The van der Waals surface area contributed by atoms with E-state index in [2.05, 4.69) is 34.0 Å². The van der Waals surface area contributed by atoms with Crippen molar-refractivity contribution >= 4 is 45.9 Å². The third kappa shape index (κ3) is 5.03. The van der Waals surface area contributed by atoms with Crippen molar-refractivity contribution in [1.82, 2.24) is 14.5 Å². The smallest absolute Gasteiger partial charge is 0.341 e. The third-order valence-electron chi connectivity index (χ3n) is 5.69. The van der Waals surface area contributed by atoms with Gasteiger partial charge in [0.15, 0.2) is 18.2 Å². The quantitative estimate of drug-likeness (QED) is 0.560. The predicted octanol–water partition coefficient (Wildman–Crippen LogP) is 3.67. The van der Waals surface area contributed by atoms with Gasteiger partial charge in [0, 0.05) is 31.2 Å². The van der Waals surface area contributed by atoms with Gasteiger partial charge in [0.05, 0.1) is 11.7 Å². The monoisotopic (exact) mass is 471 g/mol. The van der Waals surface area contributed by atoms with Gasteiger partial charge in [-0.3, -0.25) is 4.79 Å². The number of halogens is 1. The number of pyridine rings is 1. The Balaban J connectivity index is 1.64. The Morgan fingerprint density at radius 3 is 2.70 bits per heavy atom. The number of aromatic nitrogens is 3. The summed E-state index contributed by atoms with van der Waals surface area (Å²) in [4.78, 5) is 34.5.